The zero-order valence-corrected chi connectivity index (χ0v) is 20.7. The van der Waals surface area contributed by atoms with Gasteiger partial charge in [-0.15, -0.1) is 0 Å². The Hall–Kier alpha value is -3.62. The van der Waals surface area contributed by atoms with Crippen LogP contribution in [0.15, 0.2) is 54.6 Å². The quantitative estimate of drug-likeness (QED) is 0.320. The van der Waals surface area contributed by atoms with E-state index in [-0.39, 0.29) is 40.4 Å². The molecule has 1 aromatic heterocycles. The number of hydrogen-bond acceptors (Lipinski definition) is 6. The molecule has 5 rings (SSSR count). The van der Waals surface area contributed by atoms with E-state index in [0.29, 0.717) is 33.9 Å². The van der Waals surface area contributed by atoms with Crippen molar-refractivity contribution in [2.24, 2.45) is 0 Å². The largest absolute Gasteiger partial charge is 0.755 e. The van der Waals surface area contributed by atoms with Crippen molar-refractivity contribution in [3.8, 4) is 17.6 Å². The second-order valence-corrected chi connectivity index (χ2v) is 9.55. The van der Waals surface area contributed by atoms with E-state index in [1.807, 2.05) is 6.07 Å². The van der Waals surface area contributed by atoms with Crippen molar-refractivity contribution in [1.29, 1.82) is 5.26 Å². The molecule has 0 bridgehead atoms. The van der Waals surface area contributed by atoms with Crippen LogP contribution < -0.4 is 14.4 Å². The number of hydrogen-bond donors (Lipinski definition) is 2. The highest BCUT2D eigenvalue weighted by Gasteiger charge is 2.32. The van der Waals surface area contributed by atoms with Crippen LogP contribution in [-0.2, 0) is 16.1 Å². The number of carbonyl (C=O) groups excluding carboxylic acids is 1. The van der Waals surface area contributed by atoms with Crippen molar-refractivity contribution in [3.05, 3.63) is 75.8 Å². The van der Waals surface area contributed by atoms with Gasteiger partial charge in [0, 0.05) is 41.2 Å². The summed E-state index contributed by atoms with van der Waals surface area (Å²) in [5.41, 5.74) is 2.38. The third-order valence-electron chi connectivity index (χ3n) is 5.89. The van der Waals surface area contributed by atoms with E-state index in [9.17, 15) is 18.8 Å². The molecule has 1 aliphatic heterocycles. The SMILES string of the molecule is N#Cc1cccc(Cl)c1Oc1cc([C@H]2CC(=O)N(c3ccc4c(NS(=O)[O-])n[nH]c4c3)C2)ccc1Cl. The van der Waals surface area contributed by atoms with Gasteiger partial charge in [-0.2, -0.15) is 10.4 Å². The number of ether oxygens (including phenoxy) is 1. The van der Waals surface area contributed by atoms with Crippen molar-refractivity contribution in [1.82, 2.24) is 10.2 Å². The Morgan fingerprint density at radius 2 is 2.03 bits per heavy atom. The molecule has 182 valence electrons. The minimum absolute atomic E-state index is 0.0619. The molecule has 9 nitrogen and oxygen atoms in total. The number of nitrogens with one attached hydrogen (secondary N) is 2. The fourth-order valence-electron chi connectivity index (χ4n) is 4.18. The molecule has 1 fully saturated rings. The molecule has 2 N–H and O–H groups in total. The van der Waals surface area contributed by atoms with Crippen molar-refractivity contribution >= 4 is 62.8 Å². The van der Waals surface area contributed by atoms with Gasteiger partial charge in [0.05, 0.1) is 21.1 Å². The Balaban J connectivity index is 1.39. The lowest BCUT2D eigenvalue weighted by atomic mass is 9.98. The topological polar surface area (TPSA) is 134 Å². The highest BCUT2D eigenvalue weighted by Crippen LogP contribution is 2.40. The molecule has 3 aromatic carbocycles. The Bertz CT molecular complexity index is 1570. The summed E-state index contributed by atoms with van der Waals surface area (Å²) in [4.78, 5) is 14.6. The Labute approximate surface area is 218 Å². The third kappa shape index (κ3) is 4.62. The lowest BCUT2D eigenvalue weighted by molar-refractivity contribution is -0.117. The molecule has 4 aromatic rings. The highest BCUT2D eigenvalue weighted by molar-refractivity contribution is 7.80. The van der Waals surface area contributed by atoms with Gasteiger partial charge < -0.3 is 14.2 Å². The number of fused-ring (bicyclic) bond motifs is 1. The molecule has 1 amide bonds. The summed E-state index contributed by atoms with van der Waals surface area (Å²) in [6.45, 7) is 0.421. The van der Waals surface area contributed by atoms with E-state index >= 15 is 0 Å². The maximum absolute atomic E-state index is 12.9. The van der Waals surface area contributed by atoms with E-state index in [4.69, 9.17) is 27.9 Å². The smallest absolute Gasteiger partial charge is 0.227 e. The van der Waals surface area contributed by atoms with Gasteiger partial charge in [-0.3, -0.25) is 18.8 Å². The van der Waals surface area contributed by atoms with Crippen LogP contribution in [0, 0.1) is 11.3 Å². The predicted molar refractivity (Wildman–Crippen MR) is 136 cm³/mol. The molecule has 1 unspecified atom stereocenters. The van der Waals surface area contributed by atoms with Crippen LogP contribution in [-0.4, -0.2) is 31.4 Å². The highest BCUT2D eigenvalue weighted by atomic mass is 35.5. The number of anilines is 2. The molecule has 0 aliphatic carbocycles. The first kappa shape index (κ1) is 24.1. The molecule has 0 saturated carbocycles. The molecule has 2 heterocycles. The van der Waals surface area contributed by atoms with Gasteiger partial charge in [-0.25, -0.2) is 0 Å². The van der Waals surface area contributed by atoms with E-state index in [1.54, 1.807) is 53.4 Å². The average molecular weight is 541 g/mol. The molecule has 2 atom stereocenters. The molecule has 1 aliphatic rings. The second-order valence-electron chi connectivity index (χ2n) is 8.06. The number of H-pyrrole nitrogens is 1. The van der Waals surface area contributed by atoms with Crippen molar-refractivity contribution in [2.45, 2.75) is 12.3 Å². The molecular formula is C24H16Cl2N5O4S-. The monoisotopic (exact) mass is 540 g/mol. The van der Waals surface area contributed by atoms with Crippen LogP contribution >= 0.6 is 23.2 Å². The average Bonchev–Trinajstić information content (AvgIpc) is 3.44. The summed E-state index contributed by atoms with van der Waals surface area (Å²) in [7, 11) is 0. The number of nitriles is 1. The van der Waals surface area contributed by atoms with Crippen molar-refractivity contribution in [2.75, 3.05) is 16.2 Å². The van der Waals surface area contributed by atoms with Crippen LogP contribution in [0.2, 0.25) is 10.0 Å². The summed E-state index contributed by atoms with van der Waals surface area (Å²) < 4.78 is 30.1. The number of amides is 1. The summed E-state index contributed by atoms with van der Waals surface area (Å²) >= 11 is 10.1. The number of halogens is 2. The second kappa shape index (κ2) is 9.79. The Kier molecular flexibility index (Phi) is 6.55. The van der Waals surface area contributed by atoms with Gasteiger partial charge in [-0.1, -0.05) is 35.3 Å². The summed E-state index contributed by atoms with van der Waals surface area (Å²) in [6.07, 6.45) is 0.277. The molecular weight excluding hydrogens is 525 g/mol. The van der Waals surface area contributed by atoms with Gasteiger partial charge >= 0.3 is 0 Å². The number of aromatic amines is 1. The van der Waals surface area contributed by atoms with Crippen LogP contribution in [0.5, 0.6) is 11.5 Å². The standard InChI is InChI=1S/C24H17Cl2N5O4S/c25-18-7-4-13(8-21(18)35-23-14(11-27)2-1-3-19(23)26)15-9-22(32)31(12-15)16-5-6-17-20(10-16)28-29-24(17)30-36(33)34/h1-8,10,15H,9,12H2,(H,33,34)(H2,28,29,30)/p-1/t15-/m0/s1. The van der Waals surface area contributed by atoms with Gasteiger partial charge in [0.25, 0.3) is 0 Å². The van der Waals surface area contributed by atoms with Crippen LogP contribution in [0.1, 0.15) is 23.5 Å². The summed E-state index contributed by atoms with van der Waals surface area (Å²) in [5, 5.41) is 17.3. The fourth-order valence-corrected chi connectivity index (χ4v) is 4.86. The Morgan fingerprint density at radius 3 is 2.81 bits per heavy atom. The lowest BCUT2D eigenvalue weighted by Crippen LogP contribution is -2.24. The summed E-state index contributed by atoms with van der Waals surface area (Å²) in [5.74, 6) is 0.540. The van der Waals surface area contributed by atoms with E-state index in [2.05, 4.69) is 21.0 Å². The van der Waals surface area contributed by atoms with Crippen LogP contribution in [0.4, 0.5) is 11.5 Å². The number of benzene rings is 3. The van der Waals surface area contributed by atoms with E-state index in [0.717, 1.165) is 5.56 Å². The van der Waals surface area contributed by atoms with E-state index in [1.165, 1.54) is 0 Å². The molecule has 0 radical (unpaired) electrons. The first-order valence-corrected chi connectivity index (χ1v) is 12.5. The number of nitrogens with zero attached hydrogens (tertiary/aromatic N) is 3. The van der Waals surface area contributed by atoms with Gasteiger partial charge in [-0.05, 0) is 48.0 Å². The van der Waals surface area contributed by atoms with Gasteiger partial charge in [0.15, 0.2) is 11.6 Å². The van der Waals surface area contributed by atoms with E-state index < -0.39 is 11.3 Å². The van der Waals surface area contributed by atoms with Crippen LogP contribution in [0.25, 0.3) is 10.9 Å². The fraction of sp³-hybridized carbons (Fsp3) is 0.125. The lowest BCUT2D eigenvalue weighted by Gasteiger charge is -2.18. The van der Waals surface area contributed by atoms with Crippen molar-refractivity contribution < 1.29 is 18.3 Å². The maximum Gasteiger partial charge on any atom is 0.227 e. The first-order chi connectivity index (χ1) is 17.3. The maximum atomic E-state index is 12.9. The normalized spacial score (nSPS) is 16.2. The number of carbonyl (C=O) groups is 1. The number of para-hydroxylation sites is 1. The summed E-state index contributed by atoms with van der Waals surface area (Å²) in [6, 6.07) is 17.4. The molecule has 0 spiro atoms. The molecule has 12 heteroatoms. The minimum atomic E-state index is -2.50. The van der Waals surface area contributed by atoms with Gasteiger partial charge in [0.1, 0.15) is 11.8 Å². The molecule has 1 saturated heterocycles. The van der Waals surface area contributed by atoms with Gasteiger partial charge in [0.2, 0.25) is 5.91 Å². The van der Waals surface area contributed by atoms with Crippen LogP contribution in [0.3, 0.4) is 0 Å². The minimum Gasteiger partial charge on any atom is -0.755 e. The number of aromatic nitrogens is 2. The predicted octanol–water partition coefficient (Wildman–Crippen LogP) is 5.26. The number of rotatable bonds is 6. The third-order valence-corrected chi connectivity index (χ3v) is 6.86. The van der Waals surface area contributed by atoms with Crippen molar-refractivity contribution in [3.63, 3.8) is 0 Å². The molecule has 36 heavy (non-hydrogen) atoms. The first-order valence-electron chi connectivity index (χ1n) is 10.6. The Morgan fingerprint density at radius 1 is 1.19 bits per heavy atom. The zero-order valence-electron chi connectivity index (χ0n) is 18.3. The zero-order chi connectivity index (χ0) is 25.4.